The van der Waals surface area contributed by atoms with E-state index in [-0.39, 0.29) is 11.7 Å². The molecule has 0 unspecified atom stereocenters. The number of aromatic hydroxyl groups is 1. The summed E-state index contributed by atoms with van der Waals surface area (Å²) in [7, 11) is 0. The molecule has 0 radical (unpaired) electrons. The van der Waals surface area contributed by atoms with Gasteiger partial charge in [-0.25, -0.2) is 0 Å². The lowest BCUT2D eigenvalue weighted by Gasteiger charge is -2.21. The maximum Gasteiger partial charge on any atom is 0.258 e. The van der Waals surface area contributed by atoms with Crippen LogP contribution in [0.15, 0.2) is 91.3 Å². The summed E-state index contributed by atoms with van der Waals surface area (Å²) in [6, 6.07) is 20.3. The molecule has 0 saturated heterocycles. The predicted molar refractivity (Wildman–Crippen MR) is 90.6 cm³/mol. The summed E-state index contributed by atoms with van der Waals surface area (Å²) >= 11 is 0. The first-order chi connectivity index (χ1) is 11.2. The zero-order chi connectivity index (χ0) is 16.2. The number of phenols is 1. The van der Waals surface area contributed by atoms with Crippen LogP contribution in [-0.4, -0.2) is 15.6 Å². The lowest BCUT2D eigenvalue weighted by molar-refractivity contribution is 0.0951. The second-order valence-corrected chi connectivity index (χ2v) is 5.32. The van der Waals surface area contributed by atoms with Gasteiger partial charge in [0.05, 0.1) is 0 Å². The number of rotatable bonds is 4. The molecule has 3 heteroatoms. The van der Waals surface area contributed by atoms with Gasteiger partial charge in [-0.1, -0.05) is 55.1 Å². The Labute approximate surface area is 135 Å². The van der Waals surface area contributed by atoms with Gasteiger partial charge < -0.3 is 5.11 Å². The summed E-state index contributed by atoms with van der Waals surface area (Å²) in [5, 5.41) is 10.2. The van der Waals surface area contributed by atoms with E-state index in [1.807, 2.05) is 42.5 Å². The highest BCUT2D eigenvalue weighted by Crippen LogP contribution is 2.36. The summed E-state index contributed by atoms with van der Waals surface area (Å²) < 4.78 is 1.50. The molecule has 1 N–H and O–H groups in total. The zero-order valence-corrected chi connectivity index (χ0v) is 12.6. The molecule has 0 aliphatic carbocycles. The lowest BCUT2D eigenvalue weighted by atomic mass is 9.84. The van der Waals surface area contributed by atoms with Crippen LogP contribution in [0.2, 0.25) is 0 Å². The van der Waals surface area contributed by atoms with Crippen molar-refractivity contribution < 1.29 is 9.90 Å². The minimum absolute atomic E-state index is 0.155. The molecule has 3 aromatic rings. The van der Waals surface area contributed by atoms with E-state index >= 15 is 0 Å². The molecule has 3 nitrogen and oxygen atoms in total. The topological polar surface area (TPSA) is 42.2 Å². The normalized spacial score (nSPS) is 11.8. The maximum atomic E-state index is 12.7. The van der Waals surface area contributed by atoms with Crippen LogP contribution in [0.4, 0.5) is 0 Å². The largest absolute Gasteiger partial charge is 0.508 e. The van der Waals surface area contributed by atoms with Crippen molar-refractivity contribution in [3.63, 3.8) is 0 Å². The molecule has 1 aromatic heterocycles. The van der Waals surface area contributed by atoms with Gasteiger partial charge in [-0.2, -0.15) is 0 Å². The van der Waals surface area contributed by atoms with E-state index in [1.165, 1.54) is 4.57 Å². The maximum absolute atomic E-state index is 12.7. The third-order valence-electron chi connectivity index (χ3n) is 3.84. The Kier molecular flexibility index (Phi) is 4.11. The second-order valence-electron chi connectivity index (χ2n) is 5.32. The van der Waals surface area contributed by atoms with Crippen LogP contribution >= 0.6 is 0 Å². The Hall–Kier alpha value is -3.07. The van der Waals surface area contributed by atoms with Crippen molar-refractivity contribution in [3.8, 4) is 5.75 Å². The SMILES string of the molecule is C=C(C(=O)n1cccc1)[C@@H](c1ccccc1)c1ccccc1O. The predicted octanol–water partition coefficient (Wildman–Crippen LogP) is 4.22. The number of hydrogen-bond acceptors (Lipinski definition) is 2. The molecule has 23 heavy (non-hydrogen) atoms. The van der Waals surface area contributed by atoms with Gasteiger partial charge in [0.15, 0.2) is 0 Å². The number of carbonyl (C=O) groups excluding carboxylic acids is 1. The highest BCUT2D eigenvalue weighted by molar-refractivity contribution is 5.97. The van der Waals surface area contributed by atoms with Crippen LogP contribution in [0.1, 0.15) is 21.8 Å². The van der Waals surface area contributed by atoms with Gasteiger partial charge in [0.1, 0.15) is 5.75 Å². The van der Waals surface area contributed by atoms with Crippen molar-refractivity contribution in [1.29, 1.82) is 0 Å². The standard InChI is InChI=1S/C20H17NO2/c1-15(20(23)21-13-7-8-14-21)19(16-9-3-2-4-10-16)17-11-5-6-12-18(17)22/h2-14,19,22H,1H2/t19-/m0/s1. The summed E-state index contributed by atoms with van der Waals surface area (Å²) in [5.74, 6) is -0.429. The second kappa shape index (κ2) is 6.36. The first kappa shape index (κ1) is 14.9. The average molecular weight is 303 g/mol. The molecule has 0 fully saturated rings. The molecule has 0 bridgehead atoms. The average Bonchev–Trinajstić information content (AvgIpc) is 3.11. The third-order valence-corrected chi connectivity index (χ3v) is 3.84. The van der Waals surface area contributed by atoms with E-state index in [2.05, 4.69) is 6.58 Å². The van der Waals surface area contributed by atoms with E-state index < -0.39 is 5.92 Å². The molecular weight excluding hydrogens is 286 g/mol. The van der Waals surface area contributed by atoms with Crippen molar-refractivity contribution in [2.45, 2.75) is 5.92 Å². The molecule has 0 saturated carbocycles. The van der Waals surface area contributed by atoms with Crippen LogP contribution in [0.3, 0.4) is 0 Å². The highest BCUT2D eigenvalue weighted by atomic mass is 16.3. The molecule has 1 heterocycles. The van der Waals surface area contributed by atoms with Gasteiger partial charge in [0.25, 0.3) is 5.91 Å². The van der Waals surface area contributed by atoms with Gasteiger partial charge >= 0.3 is 0 Å². The molecule has 3 rings (SSSR count). The fourth-order valence-electron chi connectivity index (χ4n) is 2.70. The first-order valence-corrected chi connectivity index (χ1v) is 7.38. The van der Waals surface area contributed by atoms with Crippen LogP contribution in [0.5, 0.6) is 5.75 Å². The van der Waals surface area contributed by atoms with Crippen molar-refractivity contribution in [1.82, 2.24) is 4.57 Å². The van der Waals surface area contributed by atoms with Gasteiger partial charge in [0, 0.05) is 29.4 Å². The van der Waals surface area contributed by atoms with Crippen molar-refractivity contribution >= 4 is 5.91 Å². The number of allylic oxidation sites excluding steroid dienone is 1. The van der Waals surface area contributed by atoms with Gasteiger partial charge in [-0.15, -0.1) is 0 Å². The summed E-state index contributed by atoms with van der Waals surface area (Å²) in [5.41, 5.74) is 2.00. The fraction of sp³-hybridized carbons (Fsp3) is 0.0500. The van der Waals surface area contributed by atoms with Crippen molar-refractivity contribution in [2.24, 2.45) is 0 Å². The quantitative estimate of drug-likeness (QED) is 0.733. The van der Waals surface area contributed by atoms with Crippen LogP contribution in [0.25, 0.3) is 0 Å². The molecule has 0 aliphatic rings. The minimum atomic E-state index is -0.396. The lowest BCUT2D eigenvalue weighted by Crippen LogP contribution is -2.17. The van der Waals surface area contributed by atoms with Crippen LogP contribution in [-0.2, 0) is 0 Å². The summed E-state index contributed by atoms with van der Waals surface area (Å²) in [6.07, 6.45) is 3.39. The minimum Gasteiger partial charge on any atom is -0.508 e. The van der Waals surface area contributed by atoms with E-state index in [9.17, 15) is 9.90 Å². The Morgan fingerprint density at radius 1 is 0.913 bits per heavy atom. The molecule has 0 amide bonds. The van der Waals surface area contributed by atoms with E-state index in [4.69, 9.17) is 0 Å². The van der Waals surface area contributed by atoms with E-state index in [0.717, 1.165) is 5.56 Å². The van der Waals surface area contributed by atoms with Gasteiger partial charge in [-0.3, -0.25) is 9.36 Å². The van der Waals surface area contributed by atoms with Gasteiger partial charge in [-0.05, 0) is 23.8 Å². The number of hydrogen-bond donors (Lipinski definition) is 1. The molecule has 114 valence electrons. The number of nitrogens with zero attached hydrogens (tertiary/aromatic N) is 1. The Morgan fingerprint density at radius 3 is 2.17 bits per heavy atom. The van der Waals surface area contributed by atoms with Crippen LogP contribution in [0, 0.1) is 0 Å². The smallest absolute Gasteiger partial charge is 0.258 e. The van der Waals surface area contributed by atoms with Crippen molar-refractivity contribution in [3.05, 3.63) is 102 Å². The van der Waals surface area contributed by atoms with Gasteiger partial charge in [0.2, 0.25) is 0 Å². The Morgan fingerprint density at radius 2 is 1.52 bits per heavy atom. The fourth-order valence-corrected chi connectivity index (χ4v) is 2.70. The molecular formula is C20H17NO2. The molecule has 2 aromatic carbocycles. The first-order valence-electron chi connectivity index (χ1n) is 7.38. The number of aromatic nitrogens is 1. The third kappa shape index (κ3) is 2.94. The summed E-state index contributed by atoms with van der Waals surface area (Å²) in [6.45, 7) is 4.02. The number of benzene rings is 2. The van der Waals surface area contributed by atoms with E-state index in [0.29, 0.717) is 11.1 Å². The van der Waals surface area contributed by atoms with Crippen molar-refractivity contribution in [2.75, 3.05) is 0 Å². The number of phenolic OH excluding ortho intramolecular Hbond substituents is 1. The number of para-hydroxylation sites is 1. The number of carbonyl (C=O) groups is 1. The molecule has 1 atom stereocenters. The highest BCUT2D eigenvalue weighted by Gasteiger charge is 2.25. The Bertz CT molecular complexity index is 820. The Balaban J connectivity index is 2.08. The monoisotopic (exact) mass is 303 g/mol. The summed E-state index contributed by atoms with van der Waals surface area (Å²) in [4.78, 5) is 12.7. The molecule has 0 aliphatic heterocycles. The molecule has 0 spiro atoms. The van der Waals surface area contributed by atoms with E-state index in [1.54, 1.807) is 36.7 Å². The zero-order valence-electron chi connectivity index (χ0n) is 12.6. The van der Waals surface area contributed by atoms with Crippen LogP contribution < -0.4 is 0 Å².